The smallest absolute Gasteiger partial charge is 0.285 e. The van der Waals surface area contributed by atoms with Gasteiger partial charge in [0.1, 0.15) is 0 Å². The van der Waals surface area contributed by atoms with Gasteiger partial charge in [-0.3, -0.25) is 0 Å². The summed E-state index contributed by atoms with van der Waals surface area (Å²) in [5.41, 5.74) is 1.73. The third kappa shape index (κ3) is 3.85. The van der Waals surface area contributed by atoms with Crippen LogP contribution < -0.4 is 5.32 Å². The predicted molar refractivity (Wildman–Crippen MR) is 74.4 cm³/mol. The monoisotopic (exact) mass is 277 g/mol. The largest absolute Gasteiger partial charge is 0.392 e. The van der Waals surface area contributed by atoms with Gasteiger partial charge in [0.05, 0.1) is 13.2 Å². The van der Waals surface area contributed by atoms with E-state index in [2.05, 4.69) is 5.32 Å². The molecule has 2 aromatic rings. The summed E-state index contributed by atoms with van der Waals surface area (Å²) in [5, 5.41) is 11.7. The number of halogens is 2. The Morgan fingerprint density at radius 3 is 2.10 bits per heavy atom. The summed E-state index contributed by atoms with van der Waals surface area (Å²) < 4.78 is 27.8. The van der Waals surface area contributed by atoms with E-state index in [1.165, 1.54) is 12.1 Å². The molecule has 0 fully saturated rings. The first-order valence-corrected chi connectivity index (χ1v) is 6.44. The molecule has 0 atom stereocenters. The minimum atomic E-state index is -2.88. The van der Waals surface area contributed by atoms with Gasteiger partial charge in [-0.05, 0) is 11.1 Å². The van der Waals surface area contributed by atoms with E-state index in [0.29, 0.717) is 6.54 Å². The molecule has 4 heteroatoms. The van der Waals surface area contributed by atoms with E-state index in [0.717, 1.165) is 11.1 Å². The van der Waals surface area contributed by atoms with Crippen LogP contribution in [0.3, 0.4) is 0 Å². The molecule has 0 unspecified atom stereocenters. The molecule has 20 heavy (non-hydrogen) atoms. The van der Waals surface area contributed by atoms with Crippen LogP contribution in [0.15, 0.2) is 54.6 Å². The number of rotatable bonds is 6. The molecule has 2 N–H and O–H groups in total. The fraction of sp³-hybridized carbons (Fsp3) is 0.250. The molecule has 0 bridgehead atoms. The van der Waals surface area contributed by atoms with E-state index in [1.807, 2.05) is 12.1 Å². The van der Waals surface area contributed by atoms with E-state index < -0.39 is 12.5 Å². The van der Waals surface area contributed by atoms with Crippen molar-refractivity contribution in [1.82, 2.24) is 5.32 Å². The summed E-state index contributed by atoms with van der Waals surface area (Å²) in [5.74, 6) is -2.88. The Kier molecular flexibility index (Phi) is 4.82. The first kappa shape index (κ1) is 14.6. The number of hydrogen-bond donors (Lipinski definition) is 2. The molecule has 106 valence electrons. The molecule has 0 spiro atoms. The Morgan fingerprint density at radius 2 is 1.50 bits per heavy atom. The maximum absolute atomic E-state index is 13.9. The Morgan fingerprint density at radius 1 is 0.900 bits per heavy atom. The van der Waals surface area contributed by atoms with Crippen molar-refractivity contribution in [1.29, 1.82) is 0 Å². The van der Waals surface area contributed by atoms with Crippen molar-refractivity contribution in [2.24, 2.45) is 0 Å². The van der Waals surface area contributed by atoms with Gasteiger partial charge in [-0.25, -0.2) is 0 Å². The summed E-state index contributed by atoms with van der Waals surface area (Å²) in [4.78, 5) is 0. The Balaban J connectivity index is 1.88. The van der Waals surface area contributed by atoms with Crippen molar-refractivity contribution in [3.8, 4) is 0 Å². The summed E-state index contributed by atoms with van der Waals surface area (Å²) >= 11 is 0. The molecular weight excluding hydrogens is 260 g/mol. The lowest BCUT2D eigenvalue weighted by Crippen LogP contribution is -2.30. The molecule has 0 radical (unpaired) electrons. The van der Waals surface area contributed by atoms with Gasteiger partial charge >= 0.3 is 0 Å². The first-order valence-electron chi connectivity index (χ1n) is 6.44. The van der Waals surface area contributed by atoms with E-state index in [1.54, 1.807) is 30.3 Å². The number of hydrogen-bond acceptors (Lipinski definition) is 2. The standard InChI is InChI=1S/C16H17F2NO/c17-16(18,15-4-2-1-3-5-15)12-19-10-13-6-8-14(11-20)9-7-13/h1-9,19-20H,10-12H2. The van der Waals surface area contributed by atoms with Crippen LogP contribution in [0.5, 0.6) is 0 Å². The predicted octanol–water partition coefficient (Wildman–Crippen LogP) is 3.06. The van der Waals surface area contributed by atoms with Gasteiger partial charge in [0.25, 0.3) is 5.92 Å². The molecule has 2 rings (SSSR count). The Bertz CT molecular complexity index is 526. The summed E-state index contributed by atoms with van der Waals surface area (Å²) in [6, 6.07) is 15.0. The van der Waals surface area contributed by atoms with Crippen molar-refractivity contribution in [3.05, 3.63) is 71.3 Å². The second-order valence-electron chi connectivity index (χ2n) is 4.65. The highest BCUT2D eigenvalue weighted by Gasteiger charge is 2.30. The van der Waals surface area contributed by atoms with Crippen LogP contribution in [0.25, 0.3) is 0 Å². The van der Waals surface area contributed by atoms with Gasteiger partial charge in [-0.2, -0.15) is 8.78 Å². The SMILES string of the molecule is OCc1ccc(CNCC(F)(F)c2ccccc2)cc1. The molecule has 0 saturated carbocycles. The summed E-state index contributed by atoms with van der Waals surface area (Å²) in [6.07, 6.45) is 0. The average Bonchev–Trinajstić information content (AvgIpc) is 2.49. The highest BCUT2D eigenvalue weighted by molar-refractivity contribution is 5.22. The van der Waals surface area contributed by atoms with Gasteiger partial charge in [-0.1, -0.05) is 54.6 Å². The maximum Gasteiger partial charge on any atom is 0.285 e. The minimum Gasteiger partial charge on any atom is -0.392 e. The topological polar surface area (TPSA) is 32.3 Å². The Hall–Kier alpha value is -1.78. The number of nitrogens with one attached hydrogen (secondary N) is 1. The van der Waals surface area contributed by atoms with Crippen LogP contribution in [0.1, 0.15) is 16.7 Å². The molecule has 0 aliphatic heterocycles. The van der Waals surface area contributed by atoms with Gasteiger partial charge in [0, 0.05) is 12.1 Å². The molecule has 0 aromatic heterocycles. The fourth-order valence-electron chi connectivity index (χ4n) is 1.91. The zero-order valence-electron chi connectivity index (χ0n) is 11.0. The quantitative estimate of drug-likeness (QED) is 0.850. The number of alkyl halides is 2. The van der Waals surface area contributed by atoms with Gasteiger partial charge < -0.3 is 10.4 Å². The number of aliphatic hydroxyl groups is 1. The van der Waals surface area contributed by atoms with Crippen LogP contribution in [-0.4, -0.2) is 11.7 Å². The van der Waals surface area contributed by atoms with Crippen molar-refractivity contribution >= 4 is 0 Å². The van der Waals surface area contributed by atoms with Gasteiger partial charge in [0.2, 0.25) is 0 Å². The van der Waals surface area contributed by atoms with Crippen molar-refractivity contribution < 1.29 is 13.9 Å². The van der Waals surface area contributed by atoms with Crippen LogP contribution in [0, 0.1) is 0 Å². The molecule has 0 amide bonds. The van der Waals surface area contributed by atoms with Crippen LogP contribution in [-0.2, 0) is 19.1 Å². The highest BCUT2D eigenvalue weighted by Crippen LogP contribution is 2.26. The third-order valence-electron chi connectivity index (χ3n) is 3.08. The maximum atomic E-state index is 13.9. The van der Waals surface area contributed by atoms with E-state index in [-0.39, 0.29) is 12.2 Å². The molecule has 0 saturated heterocycles. The second kappa shape index (κ2) is 6.59. The lowest BCUT2D eigenvalue weighted by atomic mass is 10.1. The van der Waals surface area contributed by atoms with Crippen molar-refractivity contribution in [2.75, 3.05) is 6.54 Å². The first-order chi connectivity index (χ1) is 9.62. The molecule has 0 heterocycles. The zero-order chi connectivity index (χ0) is 14.4. The van der Waals surface area contributed by atoms with E-state index in [9.17, 15) is 8.78 Å². The molecular formula is C16H17F2NO. The lowest BCUT2D eigenvalue weighted by molar-refractivity contribution is -0.00343. The summed E-state index contributed by atoms with van der Waals surface area (Å²) in [6.45, 7) is -0.0489. The molecule has 0 aliphatic carbocycles. The molecule has 0 aliphatic rings. The summed E-state index contributed by atoms with van der Waals surface area (Å²) in [7, 11) is 0. The van der Waals surface area contributed by atoms with Crippen LogP contribution >= 0.6 is 0 Å². The van der Waals surface area contributed by atoms with Crippen LogP contribution in [0.4, 0.5) is 8.78 Å². The van der Waals surface area contributed by atoms with Crippen molar-refractivity contribution in [2.45, 2.75) is 19.1 Å². The van der Waals surface area contributed by atoms with Gasteiger partial charge in [0.15, 0.2) is 0 Å². The van der Waals surface area contributed by atoms with Crippen LogP contribution in [0.2, 0.25) is 0 Å². The average molecular weight is 277 g/mol. The number of benzene rings is 2. The zero-order valence-corrected chi connectivity index (χ0v) is 11.0. The van der Waals surface area contributed by atoms with Gasteiger partial charge in [-0.15, -0.1) is 0 Å². The molecule has 2 nitrogen and oxygen atoms in total. The normalized spacial score (nSPS) is 11.6. The van der Waals surface area contributed by atoms with E-state index in [4.69, 9.17) is 5.11 Å². The van der Waals surface area contributed by atoms with Crippen molar-refractivity contribution in [3.63, 3.8) is 0 Å². The highest BCUT2D eigenvalue weighted by atomic mass is 19.3. The molecule has 2 aromatic carbocycles. The second-order valence-corrected chi connectivity index (χ2v) is 4.65. The lowest BCUT2D eigenvalue weighted by Gasteiger charge is -2.17. The minimum absolute atomic E-state index is 0.0141. The number of aliphatic hydroxyl groups excluding tert-OH is 1. The fourth-order valence-corrected chi connectivity index (χ4v) is 1.91. The van der Waals surface area contributed by atoms with E-state index >= 15 is 0 Å². The third-order valence-corrected chi connectivity index (χ3v) is 3.08. The Labute approximate surface area is 117 Å².